The van der Waals surface area contributed by atoms with Gasteiger partial charge < -0.3 is 0 Å². The summed E-state index contributed by atoms with van der Waals surface area (Å²) in [6, 6.07) is 22.3. The molecule has 0 saturated heterocycles. The lowest BCUT2D eigenvalue weighted by Gasteiger charge is -2.28. The van der Waals surface area contributed by atoms with Crippen LogP contribution in [0.4, 0.5) is 0 Å². The van der Waals surface area contributed by atoms with E-state index in [1.807, 2.05) is 39.8 Å². The predicted octanol–water partition coefficient (Wildman–Crippen LogP) is 4.36. The van der Waals surface area contributed by atoms with Gasteiger partial charge in [0.15, 0.2) is 0 Å². The molecule has 0 amide bonds. The summed E-state index contributed by atoms with van der Waals surface area (Å²) in [7, 11) is -2.03. The highest BCUT2D eigenvalue weighted by Gasteiger charge is 2.44. The highest BCUT2D eigenvalue weighted by molar-refractivity contribution is 7.72. The molecule has 8 nitrogen and oxygen atoms in total. The molecule has 7 rings (SSSR count). The standard InChI is InChI=1S/C30H28N4O4P2/c1-17-31-27(35)21-11-5-6-12-22(21)28(36)32(31)18(2)39(17)25-15-9-10-16-26(25)40-19(3)33-29(37)23-13-7-8-14-24(23)30(38)34(33)20(40)4/h5-20H,1-4H3/t17-,18?,19-,20?,39?,40?/m0/s1. The van der Waals surface area contributed by atoms with E-state index in [4.69, 9.17) is 0 Å². The number of nitrogens with zero attached hydrogens (tertiary/aromatic N) is 4. The van der Waals surface area contributed by atoms with Crippen molar-refractivity contribution in [3.8, 4) is 0 Å². The van der Waals surface area contributed by atoms with Crippen LogP contribution < -0.4 is 32.8 Å². The molecule has 0 saturated carbocycles. The van der Waals surface area contributed by atoms with Crippen molar-refractivity contribution in [1.82, 2.24) is 18.7 Å². The van der Waals surface area contributed by atoms with Crippen LogP contribution in [-0.4, -0.2) is 18.7 Å². The molecule has 2 aliphatic rings. The maximum absolute atomic E-state index is 13.6. The highest BCUT2D eigenvalue weighted by atomic mass is 31.1. The zero-order valence-corrected chi connectivity index (χ0v) is 24.3. The molecule has 0 spiro atoms. The Morgan fingerprint density at radius 2 is 0.650 bits per heavy atom. The van der Waals surface area contributed by atoms with Crippen LogP contribution >= 0.6 is 15.8 Å². The molecule has 0 aliphatic carbocycles. The minimum absolute atomic E-state index is 0.150. The molecular formula is C30H28N4O4P2. The molecule has 40 heavy (non-hydrogen) atoms. The fraction of sp³-hybridized carbons (Fsp3) is 0.267. The van der Waals surface area contributed by atoms with Crippen LogP contribution in [0.25, 0.3) is 21.5 Å². The summed E-state index contributed by atoms with van der Waals surface area (Å²) >= 11 is 0. The van der Waals surface area contributed by atoms with Gasteiger partial charge in [-0.3, -0.25) is 19.2 Å². The number of aromatic nitrogens is 4. The molecular weight excluding hydrogens is 542 g/mol. The summed E-state index contributed by atoms with van der Waals surface area (Å²) in [5.41, 5.74) is -0.602. The van der Waals surface area contributed by atoms with Crippen molar-refractivity contribution in [1.29, 1.82) is 0 Å². The zero-order chi connectivity index (χ0) is 28.0. The largest absolute Gasteiger partial charge is 0.273 e. The Bertz CT molecular complexity index is 1840. The molecule has 0 N–H and O–H groups in total. The second kappa shape index (κ2) is 8.95. The second-order valence-corrected chi connectivity index (χ2v) is 16.1. The summed E-state index contributed by atoms with van der Waals surface area (Å²) in [6.07, 6.45) is 0. The van der Waals surface area contributed by atoms with Gasteiger partial charge in [0.25, 0.3) is 22.2 Å². The lowest BCUT2D eigenvalue weighted by Crippen LogP contribution is -2.36. The molecule has 5 aromatic rings. The van der Waals surface area contributed by atoms with Crippen molar-refractivity contribution in [2.75, 3.05) is 0 Å². The molecule has 0 fully saturated rings. The Balaban J connectivity index is 1.41. The predicted molar refractivity (Wildman–Crippen MR) is 163 cm³/mol. The molecule has 3 aromatic carbocycles. The van der Waals surface area contributed by atoms with E-state index in [0.29, 0.717) is 21.5 Å². The number of rotatable bonds is 2. The first-order valence-electron chi connectivity index (χ1n) is 13.4. The van der Waals surface area contributed by atoms with Crippen LogP contribution in [0.1, 0.15) is 50.8 Å². The van der Waals surface area contributed by atoms with Gasteiger partial charge >= 0.3 is 0 Å². The number of benzene rings is 3. The van der Waals surface area contributed by atoms with E-state index >= 15 is 0 Å². The summed E-state index contributed by atoms with van der Waals surface area (Å²) in [5.74, 6) is -0.798. The van der Waals surface area contributed by atoms with Crippen LogP contribution in [-0.2, 0) is 0 Å². The van der Waals surface area contributed by atoms with Crippen molar-refractivity contribution in [3.63, 3.8) is 0 Å². The summed E-state index contributed by atoms with van der Waals surface area (Å²) < 4.78 is 6.62. The second-order valence-electron chi connectivity index (χ2n) is 10.5. The molecule has 2 aliphatic heterocycles. The zero-order valence-electron chi connectivity index (χ0n) is 22.6. The van der Waals surface area contributed by atoms with E-state index in [2.05, 4.69) is 12.1 Å². The summed E-state index contributed by atoms with van der Waals surface area (Å²) in [6.45, 7) is 8.12. The molecule has 10 heteroatoms. The SMILES string of the molecule is CC1n2c(=O)c3ccccc3c(=O)n2[C@H](C)P1c1ccccc1P1C(C)n2c(=O)c3ccccc3c(=O)n2[C@@H]1C. The highest BCUT2D eigenvalue weighted by Crippen LogP contribution is 2.64. The molecule has 202 valence electrons. The third kappa shape index (κ3) is 3.21. The van der Waals surface area contributed by atoms with Crippen molar-refractivity contribution in [3.05, 3.63) is 114 Å². The fourth-order valence-corrected chi connectivity index (χ4v) is 13.4. The van der Waals surface area contributed by atoms with Crippen molar-refractivity contribution >= 4 is 48.0 Å². The number of hydrogen-bond donors (Lipinski definition) is 0. The molecule has 0 bridgehead atoms. The minimum atomic E-state index is -1.01. The summed E-state index contributed by atoms with van der Waals surface area (Å²) in [5, 5.41) is 4.01. The average Bonchev–Trinajstić information content (AvgIpc) is 3.39. The maximum atomic E-state index is 13.6. The Hall–Kier alpha value is -3.60. The molecule has 6 atom stereocenters. The normalized spacial score (nSPS) is 25.4. The van der Waals surface area contributed by atoms with Gasteiger partial charge in [-0.25, -0.2) is 18.7 Å². The van der Waals surface area contributed by atoms with Gasteiger partial charge in [0.05, 0.1) is 44.7 Å². The third-order valence-corrected chi connectivity index (χ3v) is 14.7. The average molecular weight is 571 g/mol. The molecule has 4 heterocycles. The van der Waals surface area contributed by atoms with Crippen LogP contribution in [0.3, 0.4) is 0 Å². The Kier molecular flexibility index (Phi) is 5.68. The lowest BCUT2D eigenvalue weighted by atomic mass is 10.2. The van der Waals surface area contributed by atoms with Gasteiger partial charge in [-0.1, -0.05) is 48.5 Å². The van der Waals surface area contributed by atoms with E-state index in [1.54, 1.807) is 67.3 Å². The van der Waals surface area contributed by atoms with Crippen LogP contribution in [0.15, 0.2) is 92.0 Å². The van der Waals surface area contributed by atoms with Gasteiger partial charge in [-0.15, -0.1) is 0 Å². The topological polar surface area (TPSA) is 88.0 Å². The first kappa shape index (κ1) is 25.4. The van der Waals surface area contributed by atoms with Crippen LogP contribution in [0, 0.1) is 0 Å². The molecule has 2 aromatic heterocycles. The van der Waals surface area contributed by atoms with Gasteiger partial charge in [0.2, 0.25) is 0 Å². The van der Waals surface area contributed by atoms with E-state index in [-0.39, 0.29) is 45.4 Å². The quantitative estimate of drug-likeness (QED) is 0.295. The maximum Gasteiger partial charge on any atom is 0.273 e. The lowest BCUT2D eigenvalue weighted by molar-refractivity contribution is 0.471. The Labute approximate surface area is 231 Å². The van der Waals surface area contributed by atoms with Crippen LogP contribution in [0.5, 0.6) is 0 Å². The van der Waals surface area contributed by atoms with Gasteiger partial charge in [-0.05, 0) is 78.4 Å². The van der Waals surface area contributed by atoms with Gasteiger partial charge in [0, 0.05) is 0 Å². The molecule has 4 unspecified atom stereocenters. The Morgan fingerprint density at radius 3 is 0.900 bits per heavy atom. The van der Waals surface area contributed by atoms with Crippen molar-refractivity contribution < 1.29 is 0 Å². The first-order chi connectivity index (χ1) is 19.2. The van der Waals surface area contributed by atoms with E-state index in [0.717, 1.165) is 10.6 Å². The fourth-order valence-electron chi connectivity index (χ4n) is 6.80. The van der Waals surface area contributed by atoms with Gasteiger partial charge in [0.1, 0.15) is 0 Å². The van der Waals surface area contributed by atoms with E-state index in [9.17, 15) is 19.2 Å². The van der Waals surface area contributed by atoms with E-state index in [1.165, 1.54) is 0 Å². The van der Waals surface area contributed by atoms with Gasteiger partial charge in [-0.2, -0.15) is 0 Å². The monoisotopic (exact) mass is 570 g/mol. The van der Waals surface area contributed by atoms with Crippen molar-refractivity contribution in [2.24, 2.45) is 0 Å². The molecule has 0 radical (unpaired) electrons. The number of fused-ring (bicyclic) bond motifs is 4. The van der Waals surface area contributed by atoms with Crippen molar-refractivity contribution in [2.45, 2.75) is 50.8 Å². The first-order valence-corrected chi connectivity index (χ1v) is 16.4. The van der Waals surface area contributed by atoms with E-state index < -0.39 is 15.8 Å². The minimum Gasteiger partial charge on any atom is -0.267 e. The third-order valence-electron chi connectivity index (χ3n) is 8.54. The van der Waals surface area contributed by atoms with Crippen LogP contribution in [0.2, 0.25) is 0 Å². The summed E-state index contributed by atoms with van der Waals surface area (Å²) in [4.78, 5) is 54.5. The number of hydrogen-bond acceptors (Lipinski definition) is 4. The Morgan fingerprint density at radius 1 is 0.425 bits per heavy atom. The smallest absolute Gasteiger partial charge is 0.267 e.